The summed E-state index contributed by atoms with van der Waals surface area (Å²) in [5.41, 5.74) is 0.408. The number of para-hydroxylation sites is 2. The van der Waals surface area contributed by atoms with Gasteiger partial charge in [0.2, 0.25) is 11.8 Å². The zero-order valence-electron chi connectivity index (χ0n) is 17.6. The quantitative estimate of drug-likeness (QED) is 0.588. The Morgan fingerprint density at radius 1 is 0.906 bits per heavy atom. The third-order valence-corrected chi connectivity index (χ3v) is 5.61. The second-order valence-corrected chi connectivity index (χ2v) is 7.67. The number of rotatable bonds is 6. The van der Waals surface area contributed by atoms with Crippen LogP contribution in [0.25, 0.3) is 10.9 Å². The number of anilines is 1. The number of amides is 2. The van der Waals surface area contributed by atoms with Crippen LogP contribution in [0.3, 0.4) is 0 Å². The van der Waals surface area contributed by atoms with Gasteiger partial charge in [0.25, 0.3) is 5.56 Å². The number of piperazine rings is 1. The molecular formula is C23H25N5O4. The highest BCUT2D eigenvalue weighted by molar-refractivity contribution is 5.80. The molecule has 0 spiro atoms. The van der Waals surface area contributed by atoms with E-state index in [0.717, 1.165) is 23.3 Å². The summed E-state index contributed by atoms with van der Waals surface area (Å²) in [5.74, 6) is -0.520. The number of carbonyl (C=O) groups is 2. The monoisotopic (exact) mass is 435 g/mol. The van der Waals surface area contributed by atoms with Crippen LogP contribution in [0.4, 0.5) is 5.69 Å². The minimum absolute atomic E-state index is 0.0290. The molecule has 4 rings (SSSR count). The highest BCUT2D eigenvalue weighted by atomic mass is 16.2. The van der Waals surface area contributed by atoms with E-state index in [1.54, 1.807) is 29.2 Å². The van der Waals surface area contributed by atoms with Gasteiger partial charge >= 0.3 is 5.69 Å². The molecule has 0 aliphatic carbocycles. The van der Waals surface area contributed by atoms with Crippen molar-refractivity contribution in [1.29, 1.82) is 0 Å². The Labute approximate surface area is 184 Å². The van der Waals surface area contributed by atoms with Crippen molar-refractivity contribution in [1.82, 2.24) is 19.8 Å². The summed E-state index contributed by atoms with van der Waals surface area (Å²) in [7, 11) is 0. The molecule has 9 heteroatoms. The Morgan fingerprint density at radius 2 is 1.59 bits per heavy atom. The number of carbonyl (C=O) groups excluding carboxylic acids is 2. The number of hydrogen-bond donors (Lipinski definition) is 2. The molecule has 2 aromatic carbocycles. The normalized spacial score (nSPS) is 13.9. The van der Waals surface area contributed by atoms with E-state index >= 15 is 0 Å². The number of fused-ring (bicyclic) bond motifs is 1. The van der Waals surface area contributed by atoms with Crippen molar-refractivity contribution >= 4 is 28.4 Å². The van der Waals surface area contributed by atoms with Crippen LogP contribution >= 0.6 is 0 Å². The van der Waals surface area contributed by atoms with Gasteiger partial charge in [-0.15, -0.1) is 0 Å². The number of aromatic nitrogens is 2. The van der Waals surface area contributed by atoms with Crippen molar-refractivity contribution in [2.45, 2.75) is 13.0 Å². The lowest BCUT2D eigenvalue weighted by Gasteiger charge is -2.36. The number of nitrogens with zero attached hydrogens (tertiary/aromatic N) is 3. The molecule has 0 saturated carbocycles. The molecule has 1 aliphatic heterocycles. The van der Waals surface area contributed by atoms with Crippen molar-refractivity contribution in [3.05, 3.63) is 75.4 Å². The maximum Gasteiger partial charge on any atom is 0.329 e. The van der Waals surface area contributed by atoms with Gasteiger partial charge < -0.3 is 20.1 Å². The molecule has 1 fully saturated rings. The summed E-state index contributed by atoms with van der Waals surface area (Å²) in [6.07, 6.45) is 0.167. The fourth-order valence-corrected chi connectivity index (χ4v) is 3.86. The average Bonchev–Trinajstić information content (AvgIpc) is 2.82. The fourth-order valence-electron chi connectivity index (χ4n) is 3.86. The Hall–Kier alpha value is -3.88. The molecule has 1 aromatic heterocycles. The molecule has 1 aliphatic rings. The Balaban J connectivity index is 1.26. The first-order chi connectivity index (χ1) is 15.5. The summed E-state index contributed by atoms with van der Waals surface area (Å²) in [6, 6.07) is 16.7. The molecule has 0 radical (unpaired) electrons. The summed E-state index contributed by atoms with van der Waals surface area (Å²) in [4.78, 5) is 56.0. The molecular weight excluding hydrogens is 410 g/mol. The van der Waals surface area contributed by atoms with Crippen LogP contribution < -0.4 is 21.5 Å². The molecule has 32 heavy (non-hydrogen) atoms. The predicted octanol–water partition coefficient (Wildman–Crippen LogP) is 0.545. The van der Waals surface area contributed by atoms with Gasteiger partial charge in [-0.2, -0.15) is 0 Å². The second kappa shape index (κ2) is 9.51. The van der Waals surface area contributed by atoms with Crippen LogP contribution in [-0.4, -0.2) is 59.0 Å². The van der Waals surface area contributed by atoms with E-state index < -0.39 is 23.7 Å². The first kappa shape index (κ1) is 21.4. The molecule has 1 saturated heterocycles. The Kier molecular flexibility index (Phi) is 6.34. The maximum absolute atomic E-state index is 12.5. The van der Waals surface area contributed by atoms with E-state index in [4.69, 9.17) is 0 Å². The first-order valence-corrected chi connectivity index (χ1v) is 10.6. The molecule has 0 bridgehead atoms. The van der Waals surface area contributed by atoms with Crippen LogP contribution in [0, 0.1) is 0 Å². The Bertz CT molecular complexity index is 1230. The minimum Gasteiger partial charge on any atom is -0.368 e. The van der Waals surface area contributed by atoms with Gasteiger partial charge in [-0.25, -0.2) is 4.79 Å². The van der Waals surface area contributed by atoms with E-state index in [1.165, 1.54) is 0 Å². The van der Waals surface area contributed by atoms with Crippen LogP contribution in [-0.2, 0) is 16.1 Å². The zero-order chi connectivity index (χ0) is 22.5. The molecule has 166 valence electrons. The van der Waals surface area contributed by atoms with Gasteiger partial charge in [-0.05, 0) is 24.3 Å². The fraction of sp³-hybridized carbons (Fsp3) is 0.304. The smallest absolute Gasteiger partial charge is 0.329 e. The molecule has 3 aromatic rings. The summed E-state index contributed by atoms with van der Waals surface area (Å²) in [6.45, 7) is 2.53. The second-order valence-electron chi connectivity index (χ2n) is 7.67. The third-order valence-electron chi connectivity index (χ3n) is 5.61. The van der Waals surface area contributed by atoms with Gasteiger partial charge in [-0.3, -0.25) is 19.0 Å². The van der Waals surface area contributed by atoms with Crippen molar-refractivity contribution < 1.29 is 9.59 Å². The molecule has 9 nitrogen and oxygen atoms in total. The topological polar surface area (TPSA) is 108 Å². The van der Waals surface area contributed by atoms with Gasteiger partial charge in [-0.1, -0.05) is 30.3 Å². The first-order valence-electron chi connectivity index (χ1n) is 10.6. The summed E-state index contributed by atoms with van der Waals surface area (Å²) >= 11 is 0. The van der Waals surface area contributed by atoms with E-state index in [-0.39, 0.29) is 18.9 Å². The van der Waals surface area contributed by atoms with Crippen molar-refractivity contribution in [2.75, 3.05) is 37.6 Å². The number of H-pyrrole nitrogens is 1. The van der Waals surface area contributed by atoms with Crippen molar-refractivity contribution in [2.24, 2.45) is 0 Å². The molecule has 0 atom stereocenters. The highest BCUT2D eigenvalue weighted by Gasteiger charge is 2.21. The highest BCUT2D eigenvalue weighted by Crippen LogP contribution is 2.15. The maximum atomic E-state index is 12.5. The van der Waals surface area contributed by atoms with E-state index in [9.17, 15) is 19.2 Å². The average molecular weight is 435 g/mol. The molecule has 0 unspecified atom stereocenters. The van der Waals surface area contributed by atoms with Crippen LogP contribution in [0.15, 0.2) is 64.2 Å². The van der Waals surface area contributed by atoms with Gasteiger partial charge in [0.1, 0.15) is 6.54 Å². The van der Waals surface area contributed by atoms with Crippen LogP contribution in [0.2, 0.25) is 0 Å². The third kappa shape index (κ3) is 4.72. The van der Waals surface area contributed by atoms with Crippen molar-refractivity contribution in [3.63, 3.8) is 0 Å². The lowest BCUT2D eigenvalue weighted by Crippen LogP contribution is -2.49. The SMILES string of the molecule is O=C(Cn1c(=O)[nH]c2ccccc2c1=O)NCCC(=O)N1CCN(c2ccccc2)CC1. The van der Waals surface area contributed by atoms with Crippen LogP contribution in [0.1, 0.15) is 6.42 Å². The minimum atomic E-state index is -0.642. The molecule has 2 amide bonds. The van der Waals surface area contributed by atoms with Crippen LogP contribution in [0.5, 0.6) is 0 Å². The molecule has 2 N–H and O–H groups in total. The zero-order valence-corrected chi connectivity index (χ0v) is 17.6. The van der Waals surface area contributed by atoms with Crippen molar-refractivity contribution in [3.8, 4) is 0 Å². The van der Waals surface area contributed by atoms with E-state index in [0.29, 0.717) is 24.0 Å². The number of benzene rings is 2. The number of nitrogens with one attached hydrogen (secondary N) is 2. The Morgan fingerprint density at radius 3 is 2.34 bits per heavy atom. The largest absolute Gasteiger partial charge is 0.368 e. The molecule has 2 heterocycles. The van der Waals surface area contributed by atoms with E-state index in [2.05, 4.69) is 27.3 Å². The number of hydrogen-bond acceptors (Lipinski definition) is 5. The summed E-state index contributed by atoms with van der Waals surface area (Å²) in [5, 5.41) is 2.97. The van der Waals surface area contributed by atoms with Gasteiger partial charge in [0, 0.05) is 44.8 Å². The number of aromatic amines is 1. The van der Waals surface area contributed by atoms with E-state index in [1.807, 2.05) is 18.2 Å². The van der Waals surface area contributed by atoms with Gasteiger partial charge in [0.05, 0.1) is 10.9 Å². The lowest BCUT2D eigenvalue weighted by atomic mass is 10.2. The summed E-state index contributed by atoms with van der Waals surface area (Å²) < 4.78 is 0.863. The predicted molar refractivity (Wildman–Crippen MR) is 122 cm³/mol. The lowest BCUT2D eigenvalue weighted by molar-refractivity contribution is -0.131. The standard InChI is InChI=1S/C23H25N5O4/c29-20(16-28-22(31)18-8-4-5-9-19(18)25-23(28)32)24-11-10-21(30)27-14-12-26(13-15-27)17-6-2-1-3-7-17/h1-9H,10-16H2,(H,24,29)(H,25,32). The van der Waals surface area contributed by atoms with Gasteiger partial charge in [0.15, 0.2) is 0 Å².